The van der Waals surface area contributed by atoms with Gasteiger partial charge in [0.2, 0.25) is 0 Å². The van der Waals surface area contributed by atoms with E-state index in [1.54, 1.807) is 16.9 Å². The average molecular weight is 444 g/mol. The summed E-state index contributed by atoms with van der Waals surface area (Å²) >= 11 is 6.04. The quantitative estimate of drug-likeness (QED) is 0.257. The van der Waals surface area contributed by atoms with Gasteiger partial charge in [-0.05, 0) is 36.4 Å². The number of hydrogen-bond acceptors (Lipinski definition) is 4. The standard InChI is InChI=1S/C19H21ClF3N3O2Si/c1-29(2,3)9-8-27-12-26-16-11-24-17(20)10-15(16)18(25-26)13-4-6-14(7-5-13)28-19(21,22)23/h4-7,10-11H,8-9,12H2,1-3H3. The van der Waals surface area contributed by atoms with Crippen molar-refractivity contribution in [2.75, 3.05) is 6.61 Å². The average Bonchev–Trinajstić information content (AvgIpc) is 2.95. The molecule has 3 rings (SSSR count). The molecule has 0 spiro atoms. The number of ether oxygens (including phenoxy) is 2. The molecule has 0 radical (unpaired) electrons. The lowest BCUT2D eigenvalue weighted by Crippen LogP contribution is -2.22. The first-order valence-corrected chi connectivity index (χ1v) is 13.1. The molecule has 3 aromatic rings. The number of fused-ring (bicyclic) bond motifs is 1. The van der Waals surface area contributed by atoms with Crippen molar-refractivity contribution in [3.8, 4) is 17.0 Å². The molecule has 0 aliphatic rings. The molecule has 1 aromatic carbocycles. The molecule has 0 fully saturated rings. The maximum Gasteiger partial charge on any atom is 0.573 e. The van der Waals surface area contributed by atoms with E-state index in [4.69, 9.17) is 16.3 Å². The van der Waals surface area contributed by atoms with Gasteiger partial charge in [-0.2, -0.15) is 5.10 Å². The molecule has 29 heavy (non-hydrogen) atoms. The van der Waals surface area contributed by atoms with E-state index < -0.39 is 14.4 Å². The lowest BCUT2D eigenvalue weighted by molar-refractivity contribution is -0.274. The Morgan fingerprint density at radius 3 is 2.45 bits per heavy atom. The fraction of sp³-hybridized carbons (Fsp3) is 0.368. The zero-order valence-electron chi connectivity index (χ0n) is 16.3. The van der Waals surface area contributed by atoms with E-state index in [1.165, 1.54) is 24.3 Å². The van der Waals surface area contributed by atoms with Crippen LogP contribution in [-0.4, -0.2) is 35.8 Å². The lowest BCUT2D eigenvalue weighted by atomic mass is 10.1. The van der Waals surface area contributed by atoms with Gasteiger partial charge in [0, 0.05) is 25.6 Å². The van der Waals surface area contributed by atoms with E-state index in [9.17, 15) is 13.2 Å². The van der Waals surface area contributed by atoms with Crippen molar-refractivity contribution >= 4 is 30.6 Å². The zero-order chi connectivity index (χ0) is 21.2. The third kappa shape index (κ3) is 5.94. The SMILES string of the molecule is C[Si](C)(C)CCOCn1nc(-c2ccc(OC(F)(F)F)cc2)c2cc(Cl)ncc21. The predicted molar refractivity (Wildman–Crippen MR) is 109 cm³/mol. The van der Waals surface area contributed by atoms with Crippen LogP contribution in [0.5, 0.6) is 5.75 Å². The Balaban J connectivity index is 1.87. The van der Waals surface area contributed by atoms with Crippen LogP contribution in [0.2, 0.25) is 30.8 Å². The van der Waals surface area contributed by atoms with Crippen LogP contribution >= 0.6 is 11.6 Å². The molecule has 5 nitrogen and oxygen atoms in total. The predicted octanol–water partition coefficient (Wildman–Crippen LogP) is 5.96. The first-order valence-electron chi connectivity index (χ1n) is 8.98. The van der Waals surface area contributed by atoms with Crippen molar-refractivity contribution < 1.29 is 22.6 Å². The van der Waals surface area contributed by atoms with E-state index in [0.29, 0.717) is 23.0 Å². The van der Waals surface area contributed by atoms with Crippen molar-refractivity contribution in [3.05, 3.63) is 41.7 Å². The molecular weight excluding hydrogens is 423 g/mol. The number of halogens is 4. The van der Waals surface area contributed by atoms with E-state index in [1.807, 2.05) is 0 Å². The Morgan fingerprint density at radius 2 is 1.83 bits per heavy atom. The van der Waals surface area contributed by atoms with E-state index in [2.05, 4.69) is 34.5 Å². The Kier molecular flexibility index (Phi) is 6.21. The second-order valence-electron chi connectivity index (χ2n) is 7.79. The van der Waals surface area contributed by atoms with Gasteiger partial charge in [0.15, 0.2) is 0 Å². The summed E-state index contributed by atoms with van der Waals surface area (Å²) in [7, 11) is -1.20. The van der Waals surface area contributed by atoms with Crippen molar-refractivity contribution in [3.63, 3.8) is 0 Å². The third-order valence-electron chi connectivity index (χ3n) is 4.17. The second-order valence-corrected chi connectivity index (χ2v) is 13.8. The smallest absolute Gasteiger partial charge is 0.406 e. The number of benzene rings is 1. The maximum atomic E-state index is 12.4. The highest BCUT2D eigenvalue weighted by Gasteiger charge is 2.31. The molecule has 0 N–H and O–H groups in total. The number of hydrogen-bond donors (Lipinski definition) is 0. The fourth-order valence-corrected chi connectivity index (χ4v) is 3.62. The highest BCUT2D eigenvalue weighted by molar-refractivity contribution is 6.76. The molecule has 0 saturated heterocycles. The van der Waals surface area contributed by atoms with Gasteiger partial charge in [-0.25, -0.2) is 9.67 Å². The lowest BCUT2D eigenvalue weighted by Gasteiger charge is -2.15. The molecule has 2 aromatic heterocycles. The summed E-state index contributed by atoms with van der Waals surface area (Å²) in [6.07, 6.45) is -3.13. The van der Waals surface area contributed by atoms with Gasteiger partial charge >= 0.3 is 6.36 Å². The molecule has 0 unspecified atom stereocenters. The van der Waals surface area contributed by atoms with Crippen molar-refractivity contribution in [1.82, 2.24) is 14.8 Å². The van der Waals surface area contributed by atoms with Gasteiger partial charge in [0.25, 0.3) is 0 Å². The molecule has 0 bridgehead atoms. The summed E-state index contributed by atoms with van der Waals surface area (Å²) in [6.45, 7) is 7.71. The molecule has 0 saturated carbocycles. The molecule has 10 heteroatoms. The van der Waals surface area contributed by atoms with Crippen LogP contribution in [-0.2, 0) is 11.5 Å². The summed E-state index contributed by atoms with van der Waals surface area (Å²) in [5, 5.41) is 5.62. The van der Waals surface area contributed by atoms with Gasteiger partial charge in [0.05, 0.1) is 11.7 Å². The Bertz CT molecular complexity index is 985. The number of rotatable bonds is 7. The summed E-state index contributed by atoms with van der Waals surface area (Å²) in [6, 6.07) is 8.25. The fourth-order valence-electron chi connectivity index (χ4n) is 2.70. The van der Waals surface area contributed by atoms with Crippen molar-refractivity contribution in [1.29, 1.82) is 0 Å². The van der Waals surface area contributed by atoms with Gasteiger partial charge in [-0.15, -0.1) is 13.2 Å². The van der Waals surface area contributed by atoms with E-state index in [0.717, 1.165) is 16.9 Å². The molecule has 0 aliphatic carbocycles. The van der Waals surface area contributed by atoms with Gasteiger partial charge < -0.3 is 9.47 Å². The topological polar surface area (TPSA) is 49.2 Å². The van der Waals surface area contributed by atoms with Crippen LogP contribution in [0.25, 0.3) is 22.2 Å². The van der Waals surface area contributed by atoms with Crippen LogP contribution in [0.1, 0.15) is 0 Å². The Morgan fingerprint density at radius 1 is 1.14 bits per heavy atom. The van der Waals surface area contributed by atoms with Crippen LogP contribution in [0.4, 0.5) is 13.2 Å². The summed E-state index contributed by atoms with van der Waals surface area (Å²) in [5.41, 5.74) is 1.94. The Labute approximate surface area is 172 Å². The van der Waals surface area contributed by atoms with Crippen molar-refractivity contribution in [2.45, 2.75) is 38.8 Å². The van der Waals surface area contributed by atoms with E-state index in [-0.39, 0.29) is 12.5 Å². The maximum absolute atomic E-state index is 12.4. The molecule has 0 amide bonds. The summed E-state index contributed by atoms with van der Waals surface area (Å²) < 4.78 is 48.5. The molecular formula is C19H21ClF3N3O2Si. The number of aromatic nitrogens is 3. The van der Waals surface area contributed by atoms with Crippen LogP contribution in [0.3, 0.4) is 0 Å². The summed E-state index contributed by atoms with van der Waals surface area (Å²) in [5.74, 6) is -0.292. The number of nitrogens with zero attached hydrogens (tertiary/aromatic N) is 3. The number of pyridine rings is 1. The van der Waals surface area contributed by atoms with Gasteiger partial charge in [0.1, 0.15) is 23.3 Å². The minimum Gasteiger partial charge on any atom is -0.406 e. The van der Waals surface area contributed by atoms with Crippen LogP contribution in [0, 0.1) is 0 Å². The third-order valence-corrected chi connectivity index (χ3v) is 6.09. The van der Waals surface area contributed by atoms with Gasteiger partial charge in [-0.3, -0.25) is 0 Å². The first-order chi connectivity index (χ1) is 13.5. The molecule has 0 aliphatic heterocycles. The monoisotopic (exact) mass is 443 g/mol. The normalized spacial score (nSPS) is 12.5. The highest BCUT2D eigenvalue weighted by atomic mass is 35.5. The largest absolute Gasteiger partial charge is 0.573 e. The molecule has 156 valence electrons. The summed E-state index contributed by atoms with van der Waals surface area (Å²) in [4.78, 5) is 4.11. The molecule has 2 heterocycles. The Hall–Kier alpha value is -2.10. The second kappa shape index (κ2) is 8.33. The highest BCUT2D eigenvalue weighted by Crippen LogP contribution is 2.31. The minimum absolute atomic E-state index is 0.250. The van der Waals surface area contributed by atoms with Crippen molar-refractivity contribution in [2.24, 2.45) is 0 Å². The minimum atomic E-state index is -4.73. The molecule has 0 atom stereocenters. The van der Waals surface area contributed by atoms with Crippen LogP contribution in [0.15, 0.2) is 36.5 Å². The van der Waals surface area contributed by atoms with Crippen LogP contribution < -0.4 is 4.74 Å². The van der Waals surface area contributed by atoms with Gasteiger partial charge in [-0.1, -0.05) is 31.2 Å². The zero-order valence-corrected chi connectivity index (χ0v) is 18.0. The van der Waals surface area contributed by atoms with E-state index >= 15 is 0 Å². The first kappa shape index (κ1) is 21.6. The number of alkyl halides is 3.